The number of methoxy groups -OCH3 is 1. The van der Waals surface area contributed by atoms with Crippen molar-refractivity contribution < 1.29 is 17.9 Å². The second kappa shape index (κ2) is 7.89. The second-order valence-corrected chi connectivity index (χ2v) is 7.74. The van der Waals surface area contributed by atoms with Crippen molar-refractivity contribution in [2.24, 2.45) is 0 Å². The largest absolute Gasteiger partial charge is 0.497 e. The molecule has 0 fully saturated rings. The Morgan fingerprint density at radius 3 is 2.24 bits per heavy atom. The van der Waals surface area contributed by atoms with E-state index in [0.717, 1.165) is 16.9 Å². The molecule has 0 aliphatic heterocycles. The van der Waals surface area contributed by atoms with Crippen LogP contribution in [-0.4, -0.2) is 28.7 Å². The summed E-state index contributed by atoms with van der Waals surface area (Å²) in [5.41, 5.74) is 3.51. The zero-order chi connectivity index (χ0) is 18.6. The molecule has 0 bridgehead atoms. The summed E-state index contributed by atoms with van der Waals surface area (Å²) >= 11 is 0. The maximum atomic E-state index is 12.6. The summed E-state index contributed by atoms with van der Waals surface area (Å²) in [6.45, 7) is 7.98. The lowest BCUT2D eigenvalue weighted by Crippen LogP contribution is -2.29. The molecule has 2 rings (SSSR count). The van der Waals surface area contributed by atoms with E-state index >= 15 is 0 Å². The maximum Gasteiger partial charge on any atom is 0.241 e. The Morgan fingerprint density at radius 2 is 1.64 bits per heavy atom. The van der Waals surface area contributed by atoms with Gasteiger partial charge < -0.3 is 9.47 Å². The van der Waals surface area contributed by atoms with Crippen LogP contribution in [0.25, 0.3) is 0 Å². The van der Waals surface area contributed by atoms with Gasteiger partial charge in [0.25, 0.3) is 0 Å². The van der Waals surface area contributed by atoms with Crippen LogP contribution in [0, 0.1) is 27.7 Å². The van der Waals surface area contributed by atoms with Crippen LogP contribution >= 0.6 is 0 Å². The predicted molar refractivity (Wildman–Crippen MR) is 99.1 cm³/mol. The molecule has 2 aromatic carbocycles. The van der Waals surface area contributed by atoms with Crippen molar-refractivity contribution in [3.8, 4) is 11.5 Å². The molecule has 0 atom stereocenters. The Morgan fingerprint density at radius 1 is 1.00 bits per heavy atom. The number of benzene rings is 2. The van der Waals surface area contributed by atoms with E-state index in [-0.39, 0.29) is 13.2 Å². The van der Waals surface area contributed by atoms with Crippen LogP contribution in [0.2, 0.25) is 0 Å². The van der Waals surface area contributed by atoms with E-state index < -0.39 is 10.0 Å². The van der Waals surface area contributed by atoms with Gasteiger partial charge in [-0.3, -0.25) is 0 Å². The van der Waals surface area contributed by atoms with Gasteiger partial charge >= 0.3 is 0 Å². The number of ether oxygens (including phenoxy) is 2. The molecule has 1 N–H and O–H groups in total. The highest BCUT2D eigenvalue weighted by atomic mass is 32.2. The molecule has 0 amide bonds. The molecular weight excluding hydrogens is 338 g/mol. The van der Waals surface area contributed by atoms with Crippen LogP contribution in [-0.2, 0) is 10.0 Å². The molecular formula is C19H25NO4S. The molecule has 6 heteroatoms. The second-order valence-electron chi connectivity index (χ2n) is 6.03. The van der Waals surface area contributed by atoms with Gasteiger partial charge in [0.05, 0.1) is 12.0 Å². The van der Waals surface area contributed by atoms with E-state index in [9.17, 15) is 8.42 Å². The van der Waals surface area contributed by atoms with E-state index in [2.05, 4.69) is 4.72 Å². The molecule has 0 aromatic heterocycles. The van der Waals surface area contributed by atoms with Crippen LogP contribution in [0.1, 0.15) is 22.3 Å². The molecule has 0 spiro atoms. The molecule has 2 aromatic rings. The number of hydrogen-bond acceptors (Lipinski definition) is 4. The molecule has 0 unspecified atom stereocenters. The third-order valence-corrected chi connectivity index (χ3v) is 5.91. The smallest absolute Gasteiger partial charge is 0.241 e. The van der Waals surface area contributed by atoms with Gasteiger partial charge in [-0.1, -0.05) is 12.1 Å². The lowest BCUT2D eigenvalue weighted by molar-refractivity contribution is 0.320. The van der Waals surface area contributed by atoms with Gasteiger partial charge in [-0.15, -0.1) is 0 Å². The van der Waals surface area contributed by atoms with Gasteiger partial charge in [-0.25, -0.2) is 13.1 Å². The normalized spacial score (nSPS) is 11.4. The first-order valence-electron chi connectivity index (χ1n) is 8.10. The highest BCUT2D eigenvalue weighted by Gasteiger charge is 2.20. The highest BCUT2D eigenvalue weighted by molar-refractivity contribution is 7.89. The van der Waals surface area contributed by atoms with E-state index in [4.69, 9.17) is 9.47 Å². The monoisotopic (exact) mass is 363 g/mol. The van der Waals surface area contributed by atoms with Crippen LogP contribution < -0.4 is 14.2 Å². The lowest BCUT2D eigenvalue weighted by Gasteiger charge is -2.14. The molecule has 5 nitrogen and oxygen atoms in total. The first-order chi connectivity index (χ1) is 11.8. The number of aryl methyl sites for hydroxylation is 3. The van der Waals surface area contributed by atoms with Crippen molar-refractivity contribution in [2.45, 2.75) is 32.6 Å². The fourth-order valence-corrected chi connectivity index (χ4v) is 4.20. The van der Waals surface area contributed by atoms with E-state index in [1.807, 2.05) is 32.0 Å². The minimum absolute atomic E-state index is 0.195. The van der Waals surface area contributed by atoms with Gasteiger partial charge in [0.1, 0.15) is 18.1 Å². The zero-order valence-corrected chi connectivity index (χ0v) is 16.2. The van der Waals surface area contributed by atoms with Gasteiger partial charge in [-0.2, -0.15) is 0 Å². The first kappa shape index (κ1) is 19.3. The van der Waals surface area contributed by atoms with Crippen LogP contribution in [0.15, 0.2) is 35.2 Å². The average molecular weight is 363 g/mol. The minimum atomic E-state index is -3.60. The Bertz CT molecular complexity index is 837. The maximum absolute atomic E-state index is 12.6. The summed E-state index contributed by atoms with van der Waals surface area (Å²) in [6, 6.07) is 9.25. The summed E-state index contributed by atoms with van der Waals surface area (Å²) in [5.74, 6) is 1.42. The summed E-state index contributed by atoms with van der Waals surface area (Å²) in [6.07, 6.45) is 0. The first-order valence-corrected chi connectivity index (χ1v) is 9.58. The van der Waals surface area contributed by atoms with E-state index in [0.29, 0.717) is 21.8 Å². The standard InChI is InChI=1S/C19H25NO4S/c1-13-7-6-8-18(16(13)4)24-10-9-20-25(21,22)19-14(2)11-17(23-5)12-15(19)3/h6-8,11-12,20H,9-10H2,1-5H3. The van der Waals surface area contributed by atoms with Crippen molar-refractivity contribution in [1.82, 2.24) is 4.72 Å². The number of nitrogens with one attached hydrogen (secondary N) is 1. The van der Waals surface area contributed by atoms with Crippen molar-refractivity contribution >= 4 is 10.0 Å². The summed E-state index contributed by atoms with van der Waals surface area (Å²) in [7, 11) is -2.04. The van der Waals surface area contributed by atoms with E-state index in [1.165, 1.54) is 0 Å². The molecule has 0 aliphatic carbocycles. The van der Waals surface area contributed by atoms with Gasteiger partial charge in [0.2, 0.25) is 10.0 Å². The lowest BCUT2D eigenvalue weighted by atomic mass is 10.1. The topological polar surface area (TPSA) is 64.6 Å². The van der Waals surface area contributed by atoms with Crippen molar-refractivity contribution in [2.75, 3.05) is 20.3 Å². The number of rotatable bonds is 7. The Kier molecular flexibility index (Phi) is 6.08. The van der Waals surface area contributed by atoms with Crippen molar-refractivity contribution in [3.63, 3.8) is 0 Å². The molecule has 136 valence electrons. The minimum Gasteiger partial charge on any atom is -0.497 e. The molecule has 0 aliphatic rings. The summed E-state index contributed by atoms with van der Waals surface area (Å²) in [5, 5.41) is 0. The SMILES string of the molecule is COc1cc(C)c(S(=O)(=O)NCCOc2cccc(C)c2C)c(C)c1. The van der Waals surface area contributed by atoms with Gasteiger partial charge in [0, 0.05) is 6.54 Å². The fraction of sp³-hybridized carbons (Fsp3) is 0.368. The molecule has 0 heterocycles. The summed E-state index contributed by atoms with van der Waals surface area (Å²) in [4.78, 5) is 0.292. The predicted octanol–water partition coefficient (Wildman–Crippen LogP) is 3.29. The quantitative estimate of drug-likeness (QED) is 0.767. The fourth-order valence-electron chi connectivity index (χ4n) is 2.74. The van der Waals surface area contributed by atoms with Gasteiger partial charge in [0.15, 0.2) is 0 Å². The van der Waals surface area contributed by atoms with Gasteiger partial charge in [-0.05, 0) is 68.1 Å². The van der Waals surface area contributed by atoms with Crippen LogP contribution in [0.3, 0.4) is 0 Å². The Balaban J connectivity index is 2.04. The molecule has 0 saturated heterocycles. The van der Waals surface area contributed by atoms with E-state index in [1.54, 1.807) is 33.1 Å². The van der Waals surface area contributed by atoms with Crippen LogP contribution in [0.5, 0.6) is 11.5 Å². The third kappa shape index (κ3) is 4.52. The van der Waals surface area contributed by atoms with Crippen molar-refractivity contribution in [1.29, 1.82) is 0 Å². The average Bonchev–Trinajstić information content (AvgIpc) is 2.54. The highest BCUT2D eigenvalue weighted by Crippen LogP contribution is 2.25. The Hall–Kier alpha value is -2.05. The third-order valence-electron chi connectivity index (χ3n) is 4.14. The summed E-state index contributed by atoms with van der Waals surface area (Å²) < 4.78 is 38.7. The zero-order valence-electron chi connectivity index (χ0n) is 15.3. The van der Waals surface area contributed by atoms with Crippen LogP contribution in [0.4, 0.5) is 0 Å². The Labute approximate surface area is 150 Å². The number of hydrogen-bond donors (Lipinski definition) is 1. The molecule has 0 saturated carbocycles. The number of sulfonamides is 1. The molecule has 0 radical (unpaired) electrons. The van der Waals surface area contributed by atoms with Crippen molar-refractivity contribution in [3.05, 3.63) is 52.6 Å². The molecule has 25 heavy (non-hydrogen) atoms.